The predicted molar refractivity (Wildman–Crippen MR) is 65.9 cm³/mol. The molecule has 1 rings (SSSR count). The number of amides is 1. The molecule has 0 unspecified atom stereocenters. The zero-order valence-electron chi connectivity index (χ0n) is 10.2. The van der Waals surface area contributed by atoms with Crippen molar-refractivity contribution in [2.24, 2.45) is 0 Å². The highest BCUT2D eigenvalue weighted by Crippen LogP contribution is 2.21. The van der Waals surface area contributed by atoms with Crippen molar-refractivity contribution in [1.29, 1.82) is 0 Å². The van der Waals surface area contributed by atoms with Crippen LogP contribution >= 0.6 is 11.6 Å². The lowest BCUT2D eigenvalue weighted by Crippen LogP contribution is -2.39. The van der Waals surface area contributed by atoms with Gasteiger partial charge in [0.15, 0.2) is 0 Å². The number of hydrogen-bond donors (Lipinski definition) is 1. The molecule has 0 fully saturated rings. The lowest BCUT2D eigenvalue weighted by Gasteiger charge is -2.24. The summed E-state index contributed by atoms with van der Waals surface area (Å²) >= 11 is 5.62. The van der Waals surface area contributed by atoms with Gasteiger partial charge >= 0.3 is 6.18 Å². The van der Waals surface area contributed by atoms with Crippen LogP contribution in [0, 0.1) is 0 Å². The van der Waals surface area contributed by atoms with Crippen LogP contribution in [0.2, 0.25) is 5.15 Å². The molecular weight excluding hydrogens is 283 g/mol. The van der Waals surface area contributed by atoms with Gasteiger partial charge in [0.25, 0.3) is 5.91 Å². The molecule has 0 aliphatic carbocycles. The summed E-state index contributed by atoms with van der Waals surface area (Å²) in [7, 11) is 0. The van der Waals surface area contributed by atoms with E-state index in [0.717, 1.165) is 12.3 Å². The summed E-state index contributed by atoms with van der Waals surface area (Å²) in [6, 6.07) is 1.16. The van der Waals surface area contributed by atoms with Crippen LogP contribution in [0.25, 0.3) is 0 Å². The Hall–Kier alpha value is -1.50. The van der Waals surface area contributed by atoms with Crippen LogP contribution in [0.5, 0.6) is 0 Å². The van der Waals surface area contributed by atoms with Crippen LogP contribution < -0.4 is 5.73 Å². The van der Waals surface area contributed by atoms with Gasteiger partial charge < -0.3 is 10.6 Å². The second-order valence-corrected chi connectivity index (χ2v) is 4.32. The molecular formula is C11H13ClF3N3O. The fourth-order valence-electron chi connectivity index (χ4n) is 1.53. The Morgan fingerprint density at radius 1 is 1.53 bits per heavy atom. The smallest absolute Gasteiger partial charge is 0.397 e. The van der Waals surface area contributed by atoms with Crippen molar-refractivity contribution in [1.82, 2.24) is 9.88 Å². The van der Waals surface area contributed by atoms with Crippen LogP contribution in [0.1, 0.15) is 23.7 Å². The van der Waals surface area contributed by atoms with E-state index in [0.29, 0.717) is 11.3 Å². The van der Waals surface area contributed by atoms with E-state index < -0.39 is 18.6 Å². The fraction of sp³-hybridized carbons (Fsp3) is 0.455. The Kier molecular flexibility index (Phi) is 4.99. The van der Waals surface area contributed by atoms with Crippen molar-refractivity contribution in [3.05, 3.63) is 23.0 Å². The molecule has 8 heteroatoms. The third kappa shape index (κ3) is 4.59. The lowest BCUT2D eigenvalue weighted by molar-refractivity contribution is -0.140. The average molecular weight is 296 g/mol. The van der Waals surface area contributed by atoms with Gasteiger partial charge in [0.1, 0.15) is 11.7 Å². The van der Waals surface area contributed by atoms with Crippen molar-refractivity contribution in [2.75, 3.05) is 18.8 Å². The number of nitrogen functional groups attached to an aromatic ring is 1. The maximum atomic E-state index is 12.4. The van der Waals surface area contributed by atoms with Crippen LogP contribution in [0.3, 0.4) is 0 Å². The first-order chi connectivity index (χ1) is 8.74. The van der Waals surface area contributed by atoms with E-state index in [1.165, 1.54) is 0 Å². The highest BCUT2D eigenvalue weighted by Gasteiger charge is 2.33. The molecule has 0 aliphatic heterocycles. The van der Waals surface area contributed by atoms with E-state index in [-0.39, 0.29) is 22.9 Å². The molecule has 0 radical (unpaired) electrons. The Labute approximate surface area is 113 Å². The molecule has 0 aliphatic rings. The summed E-state index contributed by atoms with van der Waals surface area (Å²) in [6.07, 6.45) is -2.91. The zero-order chi connectivity index (χ0) is 14.6. The number of halogens is 4. The van der Waals surface area contributed by atoms with Crippen LogP contribution in [0.4, 0.5) is 18.9 Å². The third-order valence-corrected chi connectivity index (χ3v) is 2.49. The number of pyridine rings is 1. The van der Waals surface area contributed by atoms with Gasteiger partial charge in [0.2, 0.25) is 0 Å². The minimum Gasteiger partial charge on any atom is -0.397 e. The van der Waals surface area contributed by atoms with E-state index in [4.69, 9.17) is 17.3 Å². The SMILES string of the molecule is CCCN(CC(F)(F)F)C(=O)c1cc(Cl)ncc1N. The Morgan fingerprint density at radius 2 is 2.16 bits per heavy atom. The first-order valence-electron chi connectivity index (χ1n) is 5.51. The number of nitrogens with two attached hydrogens (primary N) is 1. The number of alkyl halides is 3. The molecule has 4 nitrogen and oxygen atoms in total. The average Bonchev–Trinajstić information content (AvgIpc) is 2.29. The molecule has 2 N–H and O–H groups in total. The first kappa shape index (κ1) is 15.6. The maximum absolute atomic E-state index is 12.4. The first-order valence-corrected chi connectivity index (χ1v) is 5.89. The molecule has 0 atom stereocenters. The van der Waals surface area contributed by atoms with Crippen molar-refractivity contribution in [3.8, 4) is 0 Å². The normalized spacial score (nSPS) is 11.4. The molecule has 1 amide bonds. The number of rotatable bonds is 4. The van der Waals surface area contributed by atoms with Crippen LogP contribution in [0.15, 0.2) is 12.3 Å². The summed E-state index contributed by atoms with van der Waals surface area (Å²) in [6.45, 7) is 0.344. The topological polar surface area (TPSA) is 59.2 Å². The highest BCUT2D eigenvalue weighted by molar-refractivity contribution is 6.29. The summed E-state index contributed by atoms with van der Waals surface area (Å²) in [5.74, 6) is -0.805. The zero-order valence-corrected chi connectivity index (χ0v) is 10.9. The van der Waals surface area contributed by atoms with Crippen LogP contribution in [-0.2, 0) is 0 Å². The Balaban J connectivity index is 3.02. The molecule has 0 saturated carbocycles. The number of aromatic nitrogens is 1. The van der Waals surface area contributed by atoms with Crippen molar-refractivity contribution < 1.29 is 18.0 Å². The van der Waals surface area contributed by atoms with Crippen LogP contribution in [-0.4, -0.2) is 35.1 Å². The van der Waals surface area contributed by atoms with Crippen molar-refractivity contribution in [2.45, 2.75) is 19.5 Å². The highest BCUT2D eigenvalue weighted by atomic mass is 35.5. The van der Waals surface area contributed by atoms with Gasteiger partial charge in [-0.3, -0.25) is 4.79 Å². The van der Waals surface area contributed by atoms with Gasteiger partial charge in [0.05, 0.1) is 17.4 Å². The molecule has 0 bridgehead atoms. The number of carbonyl (C=O) groups is 1. The summed E-state index contributed by atoms with van der Waals surface area (Å²) in [5, 5.41) is 0.000933. The van der Waals surface area contributed by atoms with Gasteiger partial charge in [-0.25, -0.2) is 4.98 Å². The Morgan fingerprint density at radius 3 is 2.68 bits per heavy atom. The lowest BCUT2D eigenvalue weighted by atomic mass is 10.2. The minimum absolute atomic E-state index is 0.000933. The monoisotopic (exact) mass is 295 g/mol. The summed E-state index contributed by atoms with van der Waals surface area (Å²) in [4.78, 5) is 16.4. The van der Waals surface area contributed by atoms with E-state index in [9.17, 15) is 18.0 Å². The van der Waals surface area contributed by atoms with E-state index >= 15 is 0 Å². The summed E-state index contributed by atoms with van der Waals surface area (Å²) < 4.78 is 37.3. The van der Waals surface area contributed by atoms with E-state index in [1.807, 2.05) is 0 Å². The number of anilines is 1. The minimum atomic E-state index is -4.46. The largest absolute Gasteiger partial charge is 0.406 e. The second kappa shape index (κ2) is 6.10. The number of carbonyl (C=O) groups excluding carboxylic acids is 1. The molecule has 1 aromatic heterocycles. The predicted octanol–water partition coefficient (Wildman–Crippen LogP) is 2.73. The maximum Gasteiger partial charge on any atom is 0.406 e. The van der Waals surface area contributed by atoms with Crippen molar-refractivity contribution >= 4 is 23.2 Å². The third-order valence-electron chi connectivity index (χ3n) is 2.28. The molecule has 19 heavy (non-hydrogen) atoms. The molecule has 1 heterocycles. The molecule has 0 spiro atoms. The second-order valence-electron chi connectivity index (χ2n) is 3.94. The number of nitrogens with zero attached hydrogens (tertiary/aromatic N) is 2. The van der Waals surface area contributed by atoms with Gasteiger partial charge in [-0.05, 0) is 12.5 Å². The fourth-order valence-corrected chi connectivity index (χ4v) is 1.69. The van der Waals surface area contributed by atoms with Gasteiger partial charge in [-0.1, -0.05) is 18.5 Å². The molecule has 0 saturated heterocycles. The van der Waals surface area contributed by atoms with Gasteiger partial charge in [-0.2, -0.15) is 13.2 Å². The summed E-state index contributed by atoms with van der Waals surface area (Å²) in [5.41, 5.74) is 5.46. The number of hydrogen-bond acceptors (Lipinski definition) is 3. The standard InChI is InChI=1S/C11H13ClF3N3O/c1-2-3-18(6-11(13,14)15)10(19)7-4-9(12)17-5-8(7)16/h4-5H,2-3,6,16H2,1H3. The van der Waals surface area contributed by atoms with Gasteiger partial charge in [0, 0.05) is 6.54 Å². The Bertz CT molecular complexity index is 465. The molecule has 106 valence electrons. The molecule has 0 aromatic carbocycles. The van der Waals surface area contributed by atoms with E-state index in [2.05, 4.69) is 4.98 Å². The molecule has 1 aromatic rings. The van der Waals surface area contributed by atoms with Gasteiger partial charge in [-0.15, -0.1) is 0 Å². The van der Waals surface area contributed by atoms with Crippen molar-refractivity contribution in [3.63, 3.8) is 0 Å². The quantitative estimate of drug-likeness (QED) is 0.869. The van der Waals surface area contributed by atoms with E-state index in [1.54, 1.807) is 6.92 Å².